The molecule has 1 rings (SSSR count). The van der Waals surface area contributed by atoms with E-state index in [2.05, 4.69) is 0 Å². The van der Waals surface area contributed by atoms with Crippen molar-refractivity contribution in [2.24, 2.45) is 0 Å². The van der Waals surface area contributed by atoms with Crippen molar-refractivity contribution in [2.75, 3.05) is 0 Å². The van der Waals surface area contributed by atoms with Gasteiger partial charge in [0.25, 0.3) is 0 Å². The van der Waals surface area contributed by atoms with Crippen molar-refractivity contribution in [3.8, 4) is 0 Å². The van der Waals surface area contributed by atoms with Crippen LogP contribution in [0.4, 0.5) is 4.39 Å². The second-order valence-electron chi connectivity index (χ2n) is 3.02. The molecule has 0 unspecified atom stereocenters. The first-order chi connectivity index (χ1) is 6.52. The molecule has 1 aromatic rings. The summed E-state index contributed by atoms with van der Waals surface area (Å²) < 4.78 is 12.5. The third-order valence-corrected chi connectivity index (χ3v) is 2.00. The van der Waals surface area contributed by atoms with E-state index in [1.165, 1.54) is 19.1 Å². The van der Waals surface area contributed by atoms with Crippen LogP contribution in [0.2, 0.25) is 0 Å². The highest BCUT2D eigenvalue weighted by atomic mass is 19.1. The summed E-state index contributed by atoms with van der Waals surface area (Å²) in [5.41, 5.74) is 0.343. The van der Waals surface area contributed by atoms with Gasteiger partial charge in [-0.2, -0.15) is 0 Å². The Labute approximate surface area is 80.1 Å². The Morgan fingerprint density at radius 3 is 2.36 bits per heavy atom. The van der Waals surface area contributed by atoms with E-state index in [-0.39, 0.29) is 0 Å². The molecule has 1 aromatic carbocycles. The Morgan fingerprint density at radius 2 is 1.93 bits per heavy atom. The number of benzene rings is 1. The number of nitrogens with zero attached hydrogens (tertiary/aromatic N) is 1. The van der Waals surface area contributed by atoms with Gasteiger partial charge in [-0.25, -0.2) is 4.39 Å². The molecule has 0 aliphatic carbocycles. The summed E-state index contributed by atoms with van der Waals surface area (Å²) in [5, 5.41) is 19.8. The van der Waals surface area contributed by atoms with Gasteiger partial charge in [-0.15, -0.1) is 0 Å². The normalized spacial score (nSPS) is 14.8. The lowest BCUT2D eigenvalue weighted by atomic mass is 10.0. The first-order valence-corrected chi connectivity index (χ1v) is 4.09. The fraction of sp³-hybridized carbons (Fsp3) is 0.333. The van der Waals surface area contributed by atoms with E-state index in [1.807, 2.05) is 0 Å². The summed E-state index contributed by atoms with van der Waals surface area (Å²) in [6.45, 7) is 1.30. The molecule has 4 nitrogen and oxygen atoms in total. The van der Waals surface area contributed by atoms with Crippen LogP contribution in [0.15, 0.2) is 24.3 Å². The van der Waals surface area contributed by atoms with E-state index < -0.39 is 22.9 Å². The van der Waals surface area contributed by atoms with E-state index in [1.54, 1.807) is 0 Å². The fourth-order valence-electron chi connectivity index (χ4n) is 1.05. The van der Waals surface area contributed by atoms with E-state index in [0.717, 1.165) is 12.1 Å². The van der Waals surface area contributed by atoms with Crippen molar-refractivity contribution in [2.45, 2.75) is 19.1 Å². The van der Waals surface area contributed by atoms with Crippen LogP contribution in [0.3, 0.4) is 0 Å². The number of aliphatic hydroxyl groups is 1. The summed E-state index contributed by atoms with van der Waals surface area (Å²) in [4.78, 5) is 9.78. The molecule has 0 aliphatic heterocycles. The molecule has 5 heteroatoms. The average Bonchev–Trinajstić information content (AvgIpc) is 2.16. The summed E-state index contributed by atoms with van der Waals surface area (Å²) >= 11 is 0. The smallest absolute Gasteiger partial charge is 0.239 e. The van der Waals surface area contributed by atoms with Gasteiger partial charge in [-0.05, 0) is 17.7 Å². The predicted molar refractivity (Wildman–Crippen MR) is 47.8 cm³/mol. The van der Waals surface area contributed by atoms with Crippen LogP contribution in [0.25, 0.3) is 0 Å². The van der Waals surface area contributed by atoms with Crippen molar-refractivity contribution in [3.63, 3.8) is 0 Å². The van der Waals surface area contributed by atoms with Crippen LogP contribution in [0.5, 0.6) is 0 Å². The van der Waals surface area contributed by atoms with Crippen LogP contribution < -0.4 is 0 Å². The molecule has 0 heterocycles. The van der Waals surface area contributed by atoms with Gasteiger partial charge in [-0.3, -0.25) is 10.1 Å². The lowest BCUT2D eigenvalue weighted by Gasteiger charge is -2.11. The molecule has 2 atom stereocenters. The molecule has 0 radical (unpaired) electrons. The Hall–Kier alpha value is -1.49. The molecular formula is C9H10FNO3. The van der Waals surface area contributed by atoms with Gasteiger partial charge in [0, 0.05) is 11.8 Å². The monoisotopic (exact) mass is 199 g/mol. The van der Waals surface area contributed by atoms with Crippen molar-refractivity contribution < 1.29 is 14.4 Å². The molecule has 0 amide bonds. The Bertz CT molecular complexity index is 325. The van der Waals surface area contributed by atoms with E-state index in [4.69, 9.17) is 0 Å². The molecule has 76 valence electrons. The molecule has 0 spiro atoms. The maximum absolute atomic E-state index is 12.5. The molecule has 0 saturated carbocycles. The first-order valence-electron chi connectivity index (χ1n) is 4.09. The lowest BCUT2D eigenvalue weighted by Crippen LogP contribution is -2.23. The molecule has 0 aromatic heterocycles. The number of aliphatic hydroxyl groups excluding tert-OH is 1. The summed E-state index contributed by atoms with van der Waals surface area (Å²) in [7, 11) is 0. The quantitative estimate of drug-likeness (QED) is 0.593. The van der Waals surface area contributed by atoms with Crippen molar-refractivity contribution in [1.82, 2.24) is 0 Å². The highest BCUT2D eigenvalue weighted by molar-refractivity contribution is 5.19. The second-order valence-corrected chi connectivity index (χ2v) is 3.02. The molecule has 0 bridgehead atoms. The Balaban J connectivity index is 2.84. The zero-order valence-corrected chi connectivity index (χ0v) is 7.55. The largest absolute Gasteiger partial charge is 0.381 e. The summed E-state index contributed by atoms with van der Waals surface area (Å²) in [6.07, 6.45) is -1.20. The van der Waals surface area contributed by atoms with E-state index in [9.17, 15) is 19.6 Å². The van der Waals surface area contributed by atoms with Crippen molar-refractivity contribution in [1.29, 1.82) is 0 Å². The van der Waals surface area contributed by atoms with Crippen LogP contribution in [-0.4, -0.2) is 16.1 Å². The second kappa shape index (κ2) is 4.15. The first kappa shape index (κ1) is 10.6. The van der Waals surface area contributed by atoms with Gasteiger partial charge < -0.3 is 5.11 Å². The number of nitro groups is 1. The SMILES string of the molecule is C[C@H]([C@H](O)c1ccc(F)cc1)[N+](=O)[O-]. The van der Waals surface area contributed by atoms with Crippen LogP contribution >= 0.6 is 0 Å². The number of rotatable bonds is 3. The fourth-order valence-corrected chi connectivity index (χ4v) is 1.05. The minimum absolute atomic E-state index is 0.343. The minimum atomic E-state index is -1.20. The predicted octanol–water partition coefficient (Wildman–Crippen LogP) is 1.52. The standard InChI is InChI=1S/C9H10FNO3/c1-6(11(13)14)9(12)7-2-4-8(10)5-3-7/h2-6,9,12H,1H3/t6-,9+/m1/s1. The molecular weight excluding hydrogens is 189 g/mol. The van der Waals surface area contributed by atoms with Crippen LogP contribution in [0.1, 0.15) is 18.6 Å². The summed E-state index contributed by atoms with van der Waals surface area (Å²) in [5.74, 6) is -0.435. The third-order valence-electron chi connectivity index (χ3n) is 2.00. The minimum Gasteiger partial charge on any atom is -0.381 e. The van der Waals surface area contributed by atoms with E-state index >= 15 is 0 Å². The topological polar surface area (TPSA) is 63.4 Å². The highest BCUT2D eigenvalue weighted by Crippen LogP contribution is 2.18. The Kier molecular flexibility index (Phi) is 3.14. The number of halogens is 1. The third kappa shape index (κ3) is 2.26. The van der Waals surface area contributed by atoms with Gasteiger partial charge in [0.1, 0.15) is 11.9 Å². The zero-order chi connectivity index (χ0) is 10.7. The molecule has 1 N–H and O–H groups in total. The molecule has 0 saturated heterocycles. The lowest BCUT2D eigenvalue weighted by molar-refractivity contribution is -0.531. The van der Waals surface area contributed by atoms with Crippen molar-refractivity contribution >= 4 is 0 Å². The van der Waals surface area contributed by atoms with Crippen LogP contribution in [0, 0.1) is 15.9 Å². The van der Waals surface area contributed by atoms with Gasteiger partial charge in [-0.1, -0.05) is 12.1 Å². The molecule has 0 aliphatic rings. The van der Waals surface area contributed by atoms with Gasteiger partial charge >= 0.3 is 0 Å². The zero-order valence-electron chi connectivity index (χ0n) is 7.55. The Morgan fingerprint density at radius 1 is 1.43 bits per heavy atom. The summed E-state index contributed by atoms with van der Waals surface area (Å²) in [6, 6.07) is 3.89. The van der Waals surface area contributed by atoms with Crippen molar-refractivity contribution in [3.05, 3.63) is 45.8 Å². The van der Waals surface area contributed by atoms with Gasteiger partial charge in [0.15, 0.2) is 0 Å². The molecule has 0 fully saturated rings. The van der Waals surface area contributed by atoms with Gasteiger partial charge in [0.2, 0.25) is 6.04 Å². The van der Waals surface area contributed by atoms with Gasteiger partial charge in [0.05, 0.1) is 0 Å². The number of hydrogen-bond donors (Lipinski definition) is 1. The maximum atomic E-state index is 12.5. The maximum Gasteiger partial charge on any atom is 0.239 e. The molecule has 14 heavy (non-hydrogen) atoms. The average molecular weight is 199 g/mol. The van der Waals surface area contributed by atoms with E-state index in [0.29, 0.717) is 5.56 Å². The highest BCUT2D eigenvalue weighted by Gasteiger charge is 2.25. The van der Waals surface area contributed by atoms with Crippen LogP contribution in [-0.2, 0) is 0 Å². The number of hydrogen-bond acceptors (Lipinski definition) is 3.